The number of aromatic nitrogens is 2. The van der Waals surface area contributed by atoms with Gasteiger partial charge in [-0.3, -0.25) is 19.3 Å². The molecule has 2 aliphatic heterocycles. The number of rotatable bonds is 5. The van der Waals surface area contributed by atoms with Crippen molar-refractivity contribution < 1.29 is 29.3 Å². The second-order valence-corrected chi connectivity index (χ2v) is 8.73. The minimum absolute atomic E-state index is 0.0470. The number of nitrogens with two attached hydrogens (primary N) is 1. The maximum absolute atomic E-state index is 13.7. The van der Waals surface area contributed by atoms with Crippen molar-refractivity contribution in [2.45, 2.75) is 31.6 Å². The molecule has 0 unspecified atom stereocenters. The van der Waals surface area contributed by atoms with E-state index in [1.165, 1.54) is 4.68 Å². The molecule has 0 bridgehead atoms. The Morgan fingerprint density at radius 3 is 2.25 bits per heavy atom. The van der Waals surface area contributed by atoms with Gasteiger partial charge in [-0.25, -0.2) is 4.68 Å². The van der Waals surface area contributed by atoms with Crippen LogP contribution in [0.15, 0.2) is 48.5 Å². The molecule has 4 N–H and O–H groups in total. The maximum Gasteiger partial charge on any atom is 0.277 e. The molecule has 2 aliphatic rings. The van der Waals surface area contributed by atoms with Gasteiger partial charge in [0, 0.05) is 36.3 Å². The van der Waals surface area contributed by atoms with Gasteiger partial charge in [0.2, 0.25) is 5.91 Å². The Morgan fingerprint density at radius 2 is 1.64 bits per heavy atom. The molecule has 1 fully saturated rings. The van der Waals surface area contributed by atoms with E-state index < -0.39 is 11.8 Å². The molecule has 0 radical (unpaired) electrons. The number of aliphatic hydroxyl groups is 2. The first kappa shape index (κ1) is 23.5. The normalized spacial score (nSPS) is 17.2. The van der Waals surface area contributed by atoms with Gasteiger partial charge in [0.05, 0.1) is 12.8 Å². The number of piperidine rings is 1. The first-order valence-electron chi connectivity index (χ1n) is 11.5. The zero-order chi connectivity index (χ0) is 25.6. The third-order valence-electron chi connectivity index (χ3n) is 6.50. The number of benzene rings is 2. The summed E-state index contributed by atoms with van der Waals surface area (Å²) in [7, 11) is 1.55. The fourth-order valence-electron chi connectivity index (χ4n) is 4.75. The third-order valence-corrected chi connectivity index (χ3v) is 6.50. The molecule has 3 heterocycles. The van der Waals surface area contributed by atoms with Gasteiger partial charge in [0.15, 0.2) is 5.69 Å². The van der Waals surface area contributed by atoms with Gasteiger partial charge in [-0.1, -0.05) is 0 Å². The first-order chi connectivity index (χ1) is 17.2. The van der Waals surface area contributed by atoms with Crippen LogP contribution in [0.1, 0.15) is 45.8 Å². The van der Waals surface area contributed by atoms with Gasteiger partial charge in [-0.2, -0.15) is 5.10 Å². The molecule has 5 rings (SSSR count). The van der Waals surface area contributed by atoms with Crippen LogP contribution in [0.5, 0.6) is 5.75 Å². The second kappa shape index (κ2) is 8.77. The first-order valence-corrected chi connectivity index (χ1v) is 11.5. The monoisotopic (exact) mass is 491 g/mol. The summed E-state index contributed by atoms with van der Waals surface area (Å²) in [5.41, 5.74) is 7.76. The van der Waals surface area contributed by atoms with Gasteiger partial charge in [0.25, 0.3) is 17.7 Å². The van der Waals surface area contributed by atoms with Crippen LogP contribution in [-0.4, -0.2) is 57.3 Å². The van der Waals surface area contributed by atoms with Crippen LogP contribution in [-0.2, 0) is 11.2 Å². The summed E-state index contributed by atoms with van der Waals surface area (Å²) >= 11 is 0. The van der Waals surface area contributed by atoms with Gasteiger partial charge >= 0.3 is 0 Å². The highest BCUT2D eigenvalue weighted by Crippen LogP contribution is 2.33. The van der Waals surface area contributed by atoms with Gasteiger partial charge in [0.1, 0.15) is 11.4 Å². The molecule has 3 amide bonds. The molecular weight excluding hydrogens is 466 g/mol. The van der Waals surface area contributed by atoms with E-state index in [4.69, 9.17) is 10.5 Å². The Hall–Kier alpha value is -4.22. The van der Waals surface area contributed by atoms with E-state index in [9.17, 15) is 24.6 Å². The lowest BCUT2D eigenvalue weighted by molar-refractivity contribution is -0.180. The van der Waals surface area contributed by atoms with E-state index in [-0.39, 0.29) is 42.6 Å². The standard InChI is InChI=1S/C25H25N5O6/c1-36-18-10-8-17(9-11-18)30-22-19(21(27-30)23(26)32)12-14-28(24(22)33)15-4-6-16(7-5-15)29-20(31)3-2-13-25(29,34)35/h4-11,34-35H,2-3,12-14H2,1H3,(H2,26,32). The van der Waals surface area contributed by atoms with Crippen molar-refractivity contribution in [2.24, 2.45) is 5.73 Å². The zero-order valence-corrected chi connectivity index (χ0v) is 19.5. The zero-order valence-electron chi connectivity index (χ0n) is 19.5. The molecule has 0 aliphatic carbocycles. The van der Waals surface area contributed by atoms with Gasteiger partial charge < -0.3 is 25.6 Å². The van der Waals surface area contributed by atoms with Crippen molar-refractivity contribution in [1.82, 2.24) is 9.78 Å². The summed E-state index contributed by atoms with van der Waals surface area (Å²) in [5, 5.41) is 24.9. The Morgan fingerprint density at radius 1 is 1.00 bits per heavy atom. The van der Waals surface area contributed by atoms with Crippen molar-refractivity contribution in [2.75, 3.05) is 23.5 Å². The Bertz CT molecular complexity index is 1350. The summed E-state index contributed by atoms with van der Waals surface area (Å²) in [6, 6.07) is 13.3. The van der Waals surface area contributed by atoms with Crippen LogP contribution < -0.4 is 20.3 Å². The number of primary amides is 1. The Balaban J connectivity index is 1.50. The highest BCUT2D eigenvalue weighted by atomic mass is 16.5. The molecule has 3 aromatic rings. The Kier molecular flexibility index (Phi) is 5.73. The van der Waals surface area contributed by atoms with Gasteiger partial charge in [-0.05, 0) is 61.4 Å². The maximum atomic E-state index is 13.7. The quantitative estimate of drug-likeness (QED) is 0.456. The minimum atomic E-state index is -2.26. The molecular formula is C25H25N5O6. The molecule has 2 aromatic carbocycles. The second-order valence-electron chi connectivity index (χ2n) is 8.73. The van der Waals surface area contributed by atoms with Crippen molar-refractivity contribution >= 4 is 29.1 Å². The van der Waals surface area contributed by atoms with E-state index in [1.807, 2.05) is 0 Å². The average molecular weight is 492 g/mol. The van der Waals surface area contributed by atoms with Crippen LogP contribution in [0.3, 0.4) is 0 Å². The minimum Gasteiger partial charge on any atom is -0.497 e. The number of methoxy groups -OCH3 is 1. The van der Waals surface area contributed by atoms with Crippen LogP contribution in [0.2, 0.25) is 0 Å². The molecule has 0 atom stereocenters. The molecule has 1 aromatic heterocycles. The molecule has 11 nitrogen and oxygen atoms in total. The average Bonchev–Trinajstić information content (AvgIpc) is 3.25. The van der Waals surface area contributed by atoms with Crippen LogP contribution in [0.25, 0.3) is 5.69 Å². The third kappa shape index (κ3) is 3.88. The summed E-state index contributed by atoms with van der Waals surface area (Å²) < 4.78 is 6.61. The number of anilines is 2. The molecule has 186 valence electrons. The van der Waals surface area contributed by atoms with E-state index in [0.29, 0.717) is 41.2 Å². The highest BCUT2D eigenvalue weighted by molar-refractivity contribution is 6.09. The number of nitrogens with zero attached hydrogens (tertiary/aromatic N) is 4. The van der Waals surface area contributed by atoms with E-state index in [2.05, 4.69) is 5.10 Å². The number of hydrogen-bond acceptors (Lipinski definition) is 7. The lowest BCUT2D eigenvalue weighted by Crippen LogP contribution is -2.55. The summed E-state index contributed by atoms with van der Waals surface area (Å²) in [5.74, 6) is -3.10. The van der Waals surface area contributed by atoms with Crippen molar-refractivity contribution in [3.05, 3.63) is 65.5 Å². The van der Waals surface area contributed by atoms with Crippen LogP contribution in [0, 0.1) is 0 Å². The molecule has 36 heavy (non-hydrogen) atoms. The number of carbonyl (C=O) groups excluding carboxylic acids is 3. The molecule has 1 saturated heterocycles. The predicted octanol–water partition coefficient (Wildman–Crippen LogP) is 1.34. The molecule has 0 saturated carbocycles. The highest BCUT2D eigenvalue weighted by Gasteiger charge is 2.40. The lowest BCUT2D eigenvalue weighted by Gasteiger charge is -2.38. The summed E-state index contributed by atoms with van der Waals surface area (Å²) in [4.78, 5) is 40.6. The molecule has 0 spiro atoms. The largest absolute Gasteiger partial charge is 0.497 e. The van der Waals surface area contributed by atoms with E-state index in [0.717, 1.165) is 4.90 Å². The fourth-order valence-corrected chi connectivity index (χ4v) is 4.75. The van der Waals surface area contributed by atoms with Crippen LogP contribution >= 0.6 is 0 Å². The van der Waals surface area contributed by atoms with Crippen LogP contribution in [0.4, 0.5) is 11.4 Å². The van der Waals surface area contributed by atoms with Crippen molar-refractivity contribution in [3.8, 4) is 11.4 Å². The number of ether oxygens (including phenoxy) is 1. The van der Waals surface area contributed by atoms with Crippen molar-refractivity contribution in [3.63, 3.8) is 0 Å². The smallest absolute Gasteiger partial charge is 0.277 e. The lowest BCUT2D eigenvalue weighted by atomic mass is 10.0. The number of hydrogen-bond donors (Lipinski definition) is 3. The summed E-state index contributed by atoms with van der Waals surface area (Å²) in [6.07, 6.45) is 1.01. The number of fused-ring (bicyclic) bond motifs is 1. The van der Waals surface area contributed by atoms with E-state index in [1.54, 1.807) is 60.5 Å². The SMILES string of the molecule is COc1ccc(-n2nc(C(N)=O)c3c2C(=O)N(c2ccc(N4C(=O)CCCC4(O)O)cc2)CC3)cc1. The van der Waals surface area contributed by atoms with Gasteiger partial charge in [-0.15, -0.1) is 0 Å². The van der Waals surface area contributed by atoms with E-state index >= 15 is 0 Å². The number of carbonyl (C=O) groups is 3. The topological polar surface area (TPSA) is 151 Å². The Labute approximate surface area is 206 Å². The number of amides is 3. The summed E-state index contributed by atoms with van der Waals surface area (Å²) in [6.45, 7) is 0.284. The fraction of sp³-hybridized carbons (Fsp3) is 0.280. The van der Waals surface area contributed by atoms with Crippen molar-refractivity contribution in [1.29, 1.82) is 0 Å². The predicted molar refractivity (Wildman–Crippen MR) is 129 cm³/mol. The molecule has 11 heteroatoms.